The Labute approximate surface area is 181 Å². The van der Waals surface area contributed by atoms with Crippen LogP contribution in [-0.4, -0.2) is 26.6 Å². The summed E-state index contributed by atoms with van der Waals surface area (Å²) in [6, 6.07) is 4.97. The molecular weight excluding hydrogens is 418 g/mol. The largest absolute Gasteiger partial charge is 0.286 e. The second-order valence-corrected chi connectivity index (χ2v) is 8.83. The smallest absolute Gasteiger partial charge is 0.269 e. The number of nitrogens with zero attached hydrogens (tertiary/aromatic N) is 4. The second kappa shape index (κ2) is 8.38. The molecule has 4 rings (SSSR count). The standard InChI is InChI=1S/C21H21N5O4S/c1-12-3-8-16-17(9-12)31-20-18(16)21(28)25(11-22-20)13(2)19(27)24-23-10-14-4-6-15(7-5-14)26(29)30/h4-7,10-13H,3,8-9H2,1-2H3,(H,24,27)/b23-10-/t12-,13+/m1/s1. The highest BCUT2D eigenvalue weighted by Gasteiger charge is 2.25. The van der Waals surface area contributed by atoms with E-state index in [9.17, 15) is 19.7 Å². The third-order valence-corrected chi connectivity index (χ3v) is 6.69. The van der Waals surface area contributed by atoms with Gasteiger partial charge in [0, 0.05) is 17.0 Å². The molecule has 1 aromatic carbocycles. The van der Waals surface area contributed by atoms with Gasteiger partial charge in [-0.2, -0.15) is 5.10 Å². The Morgan fingerprint density at radius 1 is 1.42 bits per heavy atom. The first-order chi connectivity index (χ1) is 14.8. The number of hydrogen-bond acceptors (Lipinski definition) is 7. The molecule has 1 amide bonds. The molecule has 0 saturated heterocycles. The number of nitro groups is 1. The van der Waals surface area contributed by atoms with Crippen molar-refractivity contribution in [3.63, 3.8) is 0 Å². The summed E-state index contributed by atoms with van der Waals surface area (Å²) in [6.07, 6.45) is 5.66. The van der Waals surface area contributed by atoms with Crippen LogP contribution >= 0.6 is 11.3 Å². The summed E-state index contributed by atoms with van der Waals surface area (Å²) in [5, 5.41) is 15.2. The highest BCUT2D eigenvalue weighted by molar-refractivity contribution is 7.18. The molecule has 2 heterocycles. The van der Waals surface area contributed by atoms with Crippen molar-refractivity contribution in [2.45, 2.75) is 39.2 Å². The minimum atomic E-state index is -0.795. The van der Waals surface area contributed by atoms with Crippen LogP contribution in [0.4, 0.5) is 5.69 Å². The Morgan fingerprint density at radius 3 is 2.87 bits per heavy atom. The molecule has 0 unspecified atom stereocenters. The molecule has 0 radical (unpaired) electrons. The fourth-order valence-electron chi connectivity index (χ4n) is 3.69. The highest BCUT2D eigenvalue weighted by atomic mass is 32.1. The molecule has 31 heavy (non-hydrogen) atoms. The maximum absolute atomic E-state index is 13.1. The van der Waals surface area contributed by atoms with Gasteiger partial charge in [0.05, 0.1) is 22.9 Å². The van der Waals surface area contributed by atoms with Crippen molar-refractivity contribution in [2.75, 3.05) is 0 Å². The van der Waals surface area contributed by atoms with Crippen LogP contribution in [0.2, 0.25) is 0 Å². The van der Waals surface area contributed by atoms with Gasteiger partial charge in [-0.3, -0.25) is 24.3 Å². The lowest BCUT2D eigenvalue weighted by molar-refractivity contribution is -0.384. The lowest BCUT2D eigenvalue weighted by Crippen LogP contribution is -2.34. The first kappa shape index (κ1) is 20.9. The number of nitro benzene ring substituents is 1. The number of thiophene rings is 1. The molecule has 10 heteroatoms. The van der Waals surface area contributed by atoms with Crippen molar-refractivity contribution in [1.29, 1.82) is 0 Å². The number of amides is 1. The van der Waals surface area contributed by atoms with Crippen LogP contribution in [0.3, 0.4) is 0 Å². The summed E-state index contributed by atoms with van der Waals surface area (Å²) in [6.45, 7) is 3.83. The van der Waals surface area contributed by atoms with Crippen LogP contribution < -0.4 is 11.0 Å². The summed E-state index contributed by atoms with van der Waals surface area (Å²) in [5.41, 5.74) is 3.85. The Hall–Kier alpha value is -3.40. The van der Waals surface area contributed by atoms with E-state index in [1.807, 2.05) is 0 Å². The predicted octanol–water partition coefficient (Wildman–Crippen LogP) is 3.20. The normalized spacial score (nSPS) is 16.9. The van der Waals surface area contributed by atoms with Crippen molar-refractivity contribution in [3.05, 3.63) is 67.1 Å². The van der Waals surface area contributed by atoms with E-state index in [-0.39, 0.29) is 11.2 Å². The zero-order valence-electron chi connectivity index (χ0n) is 17.1. The van der Waals surface area contributed by atoms with E-state index in [1.54, 1.807) is 18.3 Å². The average molecular weight is 439 g/mol. The van der Waals surface area contributed by atoms with Gasteiger partial charge in [-0.1, -0.05) is 6.92 Å². The van der Waals surface area contributed by atoms with E-state index in [0.717, 1.165) is 29.7 Å². The van der Waals surface area contributed by atoms with Gasteiger partial charge in [0.1, 0.15) is 10.9 Å². The van der Waals surface area contributed by atoms with Gasteiger partial charge in [-0.15, -0.1) is 11.3 Å². The number of aromatic nitrogens is 2. The zero-order valence-corrected chi connectivity index (χ0v) is 17.9. The van der Waals surface area contributed by atoms with Crippen LogP contribution in [-0.2, 0) is 17.6 Å². The number of hydrazone groups is 1. The molecule has 1 aliphatic rings. The number of fused-ring (bicyclic) bond motifs is 3. The summed E-state index contributed by atoms with van der Waals surface area (Å²) < 4.78 is 1.34. The molecule has 0 bridgehead atoms. The van der Waals surface area contributed by atoms with Gasteiger partial charge < -0.3 is 0 Å². The van der Waals surface area contributed by atoms with E-state index >= 15 is 0 Å². The lowest BCUT2D eigenvalue weighted by Gasteiger charge is -2.18. The van der Waals surface area contributed by atoms with E-state index < -0.39 is 16.9 Å². The van der Waals surface area contributed by atoms with Crippen LogP contribution in [0.1, 0.15) is 42.3 Å². The number of non-ortho nitro benzene ring substituents is 1. The Kier molecular flexibility index (Phi) is 5.64. The SMILES string of the molecule is C[C@@H]1CCc2c(sc3ncn([C@@H](C)C(=O)N/N=C\c4ccc([N+](=O)[O-])cc4)c(=O)c23)C1. The van der Waals surface area contributed by atoms with Gasteiger partial charge in [-0.25, -0.2) is 10.4 Å². The van der Waals surface area contributed by atoms with E-state index in [0.29, 0.717) is 16.9 Å². The van der Waals surface area contributed by atoms with Crippen molar-refractivity contribution < 1.29 is 9.72 Å². The molecule has 1 aliphatic carbocycles. The molecular formula is C21H21N5O4S. The number of nitrogens with one attached hydrogen (secondary N) is 1. The number of hydrogen-bond donors (Lipinski definition) is 1. The van der Waals surface area contributed by atoms with E-state index in [4.69, 9.17) is 0 Å². The van der Waals surface area contributed by atoms with Crippen molar-refractivity contribution in [2.24, 2.45) is 11.0 Å². The third-order valence-electron chi connectivity index (χ3n) is 5.53. The topological polar surface area (TPSA) is 119 Å². The molecule has 0 aliphatic heterocycles. The molecule has 1 N–H and O–H groups in total. The molecule has 0 spiro atoms. The number of carbonyl (C=O) groups is 1. The molecule has 2 aromatic heterocycles. The van der Waals surface area contributed by atoms with Gasteiger partial charge in [0.15, 0.2) is 0 Å². The fraction of sp³-hybridized carbons (Fsp3) is 0.333. The first-order valence-electron chi connectivity index (χ1n) is 9.94. The molecule has 9 nitrogen and oxygen atoms in total. The maximum atomic E-state index is 13.1. The predicted molar refractivity (Wildman–Crippen MR) is 119 cm³/mol. The lowest BCUT2D eigenvalue weighted by atomic mass is 9.89. The molecule has 0 fully saturated rings. The van der Waals surface area contributed by atoms with Crippen LogP contribution in [0, 0.1) is 16.0 Å². The number of benzene rings is 1. The van der Waals surface area contributed by atoms with Crippen molar-refractivity contribution >= 4 is 39.4 Å². The van der Waals surface area contributed by atoms with E-state index in [2.05, 4.69) is 22.4 Å². The van der Waals surface area contributed by atoms with Gasteiger partial charge in [0.25, 0.3) is 17.2 Å². The summed E-state index contributed by atoms with van der Waals surface area (Å²) >= 11 is 1.57. The number of carbonyl (C=O) groups excluding carboxylic acids is 1. The average Bonchev–Trinajstić information content (AvgIpc) is 3.12. The summed E-state index contributed by atoms with van der Waals surface area (Å²) in [4.78, 5) is 42.3. The van der Waals surface area contributed by atoms with Gasteiger partial charge >= 0.3 is 0 Å². The Balaban J connectivity index is 1.51. The quantitative estimate of drug-likeness (QED) is 0.372. The minimum Gasteiger partial charge on any atom is -0.286 e. The third kappa shape index (κ3) is 4.11. The fourth-order valence-corrected chi connectivity index (χ4v) is 5.03. The van der Waals surface area contributed by atoms with Crippen LogP contribution in [0.15, 0.2) is 40.5 Å². The highest BCUT2D eigenvalue weighted by Crippen LogP contribution is 2.35. The van der Waals surface area contributed by atoms with Crippen LogP contribution in [0.25, 0.3) is 10.2 Å². The first-order valence-corrected chi connectivity index (χ1v) is 10.8. The molecule has 3 aromatic rings. The van der Waals surface area contributed by atoms with E-state index in [1.165, 1.54) is 46.3 Å². The monoisotopic (exact) mass is 439 g/mol. The second-order valence-electron chi connectivity index (χ2n) is 7.75. The Bertz CT molecular complexity index is 1250. The molecule has 2 atom stereocenters. The number of aryl methyl sites for hydroxylation is 1. The van der Waals surface area contributed by atoms with Crippen molar-refractivity contribution in [3.8, 4) is 0 Å². The van der Waals surface area contributed by atoms with Gasteiger partial charge in [-0.05, 0) is 55.4 Å². The Morgan fingerprint density at radius 2 is 2.16 bits per heavy atom. The zero-order chi connectivity index (χ0) is 22.1. The summed E-state index contributed by atoms with van der Waals surface area (Å²) in [7, 11) is 0. The van der Waals surface area contributed by atoms with Crippen LogP contribution in [0.5, 0.6) is 0 Å². The minimum absolute atomic E-state index is 0.0258. The summed E-state index contributed by atoms with van der Waals surface area (Å²) in [5.74, 6) is 0.139. The van der Waals surface area contributed by atoms with Gasteiger partial charge in [0.2, 0.25) is 0 Å². The molecule has 0 saturated carbocycles. The number of rotatable bonds is 5. The maximum Gasteiger partial charge on any atom is 0.269 e. The van der Waals surface area contributed by atoms with Crippen molar-refractivity contribution in [1.82, 2.24) is 15.0 Å². The molecule has 160 valence electrons.